The number of aromatic nitrogens is 2. The topological polar surface area (TPSA) is 103 Å². The Balaban J connectivity index is 2.19. The van der Waals surface area contributed by atoms with Gasteiger partial charge in [-0.05, 0) is 25.1 Å². The minimum atomic E-state index is -0.111. The van der Waals surface area contributed by atoms with Crippen molar-refractivity contribution in [1.82, 2.24) is 9.97 Å². The maximum atomic E-state index is 8.61. The maximum Gasteiger partial charge on any atom is 0.322 e. The fraction of sp³-hybridized carbons (Fsp3) is 0.154. The molecule has 0 aliphatic heterocycles. The highest BCUT2D eigenvalue weighted by atomic mass is 16.5. The van der Waals surface area contributed by atoms with Crippen molar-refractivity contribution >= 4 is 5.84 Å². The van der Waals surface area contributed by atoms with Gasteiger partial charge in [0.2, 0.25) is 0 Å². The second kappa shape index (κ2) is 6.37. The van der Waals surface area contributed by atoms with Gasteiger partial charge >= 0.3 is 6.01 Å². The summed E-state index contributed by atoms with van der Waals surface area (Å²) in [6.45, 7) is 2.47. The first-order valence-corrected chi connectivity index (χ1v) is 5.94. The Morgan fingerprint density at radius 2 is 2.15 bits per heavy atom. The van der Waals surface area contributed by atoms with E-state index in [4.69, 9.17) is 20.4 Å². The largest absolute Gasteiger partial charge is 0.494 e. The van der Waals surface area contributed by atoms with Gasteiger partial charge in [0.15, 0.2) is 5.84 Å². The van der Waals surface area contributed by atoms with Gasteiger partial charge in [-0.2, -0.15) is 4.98 Å². The van der Waals surface area contributed by atoms with Crippen molar-refractivity contribution in [1.29, 1.82) is 0 Å². The summed E-state index contributed by atoms with van der Waals surface area (Å²) >= 11 is 0. The number of benzene rings is 1. The molecule has 0 unspecified atom stereocenters. The summed E-state index contributed by atoms with van der Waals surface area (Å²) in [6, 6.07) is 8.71. The van der Waals surface area contributed by atoms with Crippen molar-refractivity contribution in [3.05, 3.63) is 42.2 Å². The highest BCUT2D eigenvalue weighted by Gasteiger charge is 2.06. The number of rotatable bonds is 5. The van der Waals surface area contributed by atoms with Crippen molar-refractivity contribution in [2.45, 2.75) is 6.92 Å². The third-order valence-electron chi connectivity index (χ3n) is 2.33. The lowest BCUT2D eigenvalue weighted by Gasteiger charge is -2.07. The van der Waals surface area contributed by atoms with Gasteiger partial charge in [-0.1, -0.05) is 11.2 Å². The smallest absolute Gasteiger partial charge is 0.322 e. The van der Waals surface area contributed by atoms with Crippen molar-refractivity contribution in [3.8, 4) is 17.5 Å². The van der Waals surface area contributed by atoms with E-state index in [1.165, 1.54) is 12.3 Å². The summed E-state index contributed by atoms with van der Waals surface area (Å²) in [7, 11) is 0. The number of oxime groups is 1. The molecule has 2 rings (SSSR count). The van der Waals surface area contributed by atoms with Gasteiger partial charge in [-0.3, -0.25) is 0 Å². The molecule has 1 aromatic carbocycles. The first-order chi connectivity index (χ1) is 9.72. The SMILES string of the molecule is CCOc1cccc(Oc2nccc(/C(N)=N/O)n2)c1. The molecule has 0 atom stereocenters. The van der Waals surface area contributed by atoms with E-state index in [0.717, 1.165) is 0 Å². The van der Waals surface area contributed by atoms with Crippen molar-refractivity contribution in [3.63, 3.8) is 0 Å². The van der Waals surface area contributed by atoms with E-state index in [1.807, 2.05) is 13.0 Å². The fourth-order valence-corrected chi connectivity index (χ4v) is 1.48. The predicted molar refractivity (Wildman–Crippen MR) is 72.2 cm³/mol. The van der Waals surface area contributed by atoms with Gasteiger partial charge < -0.3 is 20.4 Å². The van der Waals surface area contributed by atoms with Crippen LogP contribution in [0.2, 0.25) is 0 Å². The van der Waals surface area contributed by atoms with Crippen molar-refractivity contribution in [2.75, 3.05) is 6.61 Å². The minimum Gasteiger partial charge on any atom is -0.494 e. The van der Waals surface area contributed by atoms with Gasteiger partial charge in [-0.15, -0.1) is 0 Å². The zero-order valence-corrected chi connectivity index (χ0v) is 10.9. The molecule has 0 saturated carbocycles. The summed E-state index contributed by atoms with van der Waals surface area (Å²) in [5.74, 6) is 1.12. The fourth-order valence-electron chi connectivity index (χ4n) is 1.48. The molecule has 0 fully saturated rings. The molecule has 1 heterocycles. The van der Waals surface area contributed by atoms with E-state index in [-0.39, 0.29) is 17.5 Å². The molecule has 0 spiro atoms. The first-order valence-electron chi connectivity index (χ1n) is 5.94. The first kappa shape index (κ1) is 13.6. The molecular weight excluding hydrogens is 260 g/mol. The second-order valence-corrected chi connectivity index (χ2v) is 3.72. The summed E-state index contributed by atoms with van der Waals surface area (Å²) in [4.78, 5) is 7.99. The lowest BCUT2D eigenvalue weighted by molar-refractivity contribution is 0.318. The number of amidine groups is 1. The number of nitrogens with two attached hydrogens (primary N) is 1. The molecule has 7 heteroatoms. The Bertz CT molecular complexity index is 616. The van der Waals surface area contributed by atoms with E-state index < -0.39 is 0 Å². The average molecular weight is 274 g/mol. The summed E-state index contributed by atoms with van der Waals surface area (Å²) in [5, 5.41) is 11.5. The Hall–Kier alpha value is -2.83. The third kappa shape index (κ3) is 3.35. The van der Waals surface area contributed by atoms with Crippen LogP contribution in [-0.4, -0.2) is 27.6 Å². The van der Waals surface area contributed by atoms with Crippen LogP contribution in [0.3, 0.4) is 0 Å². The molecule has 1 aromatic heterocycles. The lowest BCUT2D eigenvalue weighted by Crippen LogP contribution is -2.15. The quantitative estimate of drug-likeness (QED) is 0.373. The molecule has 0 radical (unpaired) electrons. The molecule has 3 N–H and O–H groups in total. The summed E-state index contributed by atoms with van der Waals surface area (Å²) in [6.07, 6.45) is 1.46. The monoisotopic (exact) mass is 274 g/mol. The van der Waals surface area contributed by atoms with E-state index >= 15 is 0 Å². The van der Waals surface area contributed by atoms with Gasteiger partial charge in [0.1, 0.15) is 17.2 Å². The van der Waals surface area contributed by atoms with Crippen LogP contribution in [0.1, 0.15) is 12.6 Å². The molecular formula is C13H14N4O3. The second-order valence-electron chi connectivity index (χ2n) is 3.72. The van der Waals surface area contributed by atoms with Crippen molar-refractivity contribution in [2.24, 2.45) is 10.9 Å². The maximum absolute atomic E-state index is 8.61. The number of ether oxygens (including phenoxy) is 2. The van der Waals surface area contributed by atoms with Crippen LogP contribution in [0, 0.1) is 0 Å². The van der Waals surface area contributed by atoms with Gasteiger partial charge in [-0.25, -0.2) is 4.98 Å². The van der Waals surface area contributed by atoms with Crippen LogP contribution >= 0.6 is 0 Å². The van der Waals surface area contributed by atoms with E-state index in [9.17, 15) is 0 Å². The van der Waals surface area contributed by atoms with Crippen LogP contribution in [0.25, 0.3) is 0 Å². The molecule has 0 aliphatic carbocycles. The molecule has 0 amide bonds. The average Bonchev–Trinajstić information content (AvgIpc) is 2.47. The molecule has 0 bridgehead atoms. The van der Waals surface area contributed by atoms with Gasteiger partial charge in [0.05, 0.1) is 6.61 Å². The Labute approximate surface area is 115 Å². The minimum absolute atomic E-state index is 0.0998. The zero-order chi connectivity index (χ0) is 14.4. The highest BCUT2D eigenvalue weighted by Crippen LogP contribution is 2.23. The van der Waals surface area contributed by atoms with Crippen LogP contribution in [0.15, 0.2) is 41.7 Å². The Kier molecular flexibility index (Phi) is 4.33. The van der Waals surface area contributed by atoms with Crippen LogP contribution < -0.4 is 15.2 Å². The van der Waals surface area contributed by atoms with E-state index in [2.05, 4.69) is 15.1 Å². The number of hydrogen-bond acceptors (Lipinski definition) is 6. The normalized spacial score (nSPS) is 11.2. The lowest BCUT2D eigenvalue weighted by atomic mass is 10.3. The molecule has 2 aromatic rings. The Morgan fingerprint density at radius 3 is 2.90 bits per heavy atom. The number of hydrogen-bond donors (Lipinski definition) is 2. The van der Waals surface area contributed by atoms with Gasteiger partial charge in [0, 0.05) is 12.3 Å². The molecule has 104 valence electrons. The zero-order valence-electron chi connectivity index (χ0n) is 10.9. The van der Waals surface area contributed by atoms with Crippen LogP contribution in [0.4, 0.5) is 0 Å². The van der Waals surface area contributed by atoms with E-state index in [0.29, 0.717) is 18.1 Å². The van der Waals surface area contributed by atoms with Crippen LogP contribution in [0.5, 0.6) is 17.5 Å². The van der Waals surface area contributed by atoms with Gasteiger partial charge in [0.25, 0.3) is 0 Å². The van der Waals surface area contributed by atoms with E-state index in [1.54, 1.807) is 18.2 Å². The molecule has 0 aliphatic rings. The number of nitrogens with zero attached hydrogens (tertiary/aromatic N) is 3. The molecule has 0 saturated heterocycles. The predicted octanol–water partition coefficient (Wildman–Crippen LogP) is 1.76. The highest BCUT2D eigenvalue weighted by molar-refractivity contribution is 5.95. The standard InChI is InChI=1S/C13H14N4O3/c1-2-19-9-4-3-5-10(8-9)20-13-15-7-6-11(16-13)12(14)17-18/h3-8,18H,2H2,1H3,(H2,14,17). The molecule has 7 nitrogen and oxygen atoms in total. The van der Waals surface area contributed by atoms with Crippen molar-refractivity contribution < 1.29 is 14.7 Å². The third-order valence-corrected chi connectivity index (χ3v) is 2.33. The summed E-state index contributed by atoms with van der Waals surface area (Å²) in [5.41, 5.74) is 5.73. The summed E-state index contributed by atoms with van der Waals surface area (Å²) < 4.78 is 10.9. The van der Waals surface area contributed by atoms with Crippen LogP contribution in [-0.2, 0) is 0 Å². The molecule has 20 heavy (non-hydrogen) atoms. The Morgan fingerprint density at radius 1 is 1.35 bits per heavy atom.